The third-order valence-electron chi connectivity index (χ3n) is 5.02. The number of aromatic hydroxyl groups is 1. The Kier molecular flexibility index (Phi) is 6.47. The third-order valence-corrected chi connectivity index (χ3v) is 6.56. The number of carbonyl (C=O) groups excluding carboxylic acids is 1. The summed E-state index contributed by atoms with van der Waals surface area (Å²) in [6, 6.07) is 6.33. The van der Waals surface area contributed by atoms with Crippen molar-refractivity contribution >= 4 is 40.5 Å². The number of amides is 2. The molecule has 1 saturated carbocycles. The van der Waals surface area contributed by atoms with Crippen molar-refractivity contribution in [2.45, 2.75) is 62.9 Å². The lowest BCUT2D eigenvalue weighted by Gasteiger charge is -2.35. The first-order valence-electron chi connectivity index (χ1n) is 9.42. The summed E-state index contributed by atoms with van der Waals surface area (Å²) in [7, 11) is 0. The van der Waals surface area contributed by atoms with E-state index in [-0.39, 0.29) is 11.8 Å². The molecule has 0 bridgehead atoms. The number of hydrogen-bond donors (Lipinski definition) is 3. The van der Waals surface area contributed by atoms with Gasteiger partial charge in [-0.2, -0.15) is 10.2 Å². The summed E-state index contributed by atoms with van der Waals surface area (Å²) in [6.07, 6.45) is 5.92. The quantitative estimate of drug-likeness (QED) is 0.295. The Labute approximate surface area is 174 Å². The fraction of sp³-hybridized carbons (Fsp3) is 0.526. The van der Waals surface area contributed by atoms with Gasteiger partial charge in [-0.3, -0.25) is 5.21 Å². The van der Waals surface area contributed by atoms with E-state index in [0.717, 1.165) is 25.7 Å². The van der Waals surface area contributed by atoms with Gasteiger partial charge in [-0.05, 0) is 38.8 Å². The van der Waals surface area contributed by atoms with Crippen molar-refractivity contribution in [3.8, 4) is 5.75 Å². The summed E-state index contributed by atoms with van der Waals surface area (Å²) >= 11 is 6.79. The van der Waals surface area contributed by atoms with Gasteiger partial charge in [-0.15, -0.1) is 0 Å². The molecule has 0 aromatic heterocycles. The summed E-state index contributed by atoms with van der Waals surface area (Å²) in [6.45, 7) is 3.81. The number of nitrogens with zero attached hydrogens (tertiary/aromatic N) is 3. The minimum absolute atomic E-state index is 0.0817. The Hall–Kier alpha value is -1.84. The van der Waals surface area contributed by atoms with E-state index in [4.69, 9.17) is 12.2 Å². The van der Waals surface area contributed by atoms with E-state index in [2.05, 4.69) is 10.4 Å². The molecular weight excluding hydrogens is 396 g/mol. The first-order chi connectivity index (χ1) is 13.3. The molecule has 1 unspecified atom stereocenters. The smallest absolute Gasteiger partial charge is 0.343 e. The van der Waals surface area contributed by atoms with Crippen LogP contribution in [0.2, 0.25) is 0 Å². The van der Waals surface area contributed by atoms with Crippen LogP contribution in [-0.2, 0) is 0 Å². The molecule has 1 aromatic carbocycles. The van der Waals surface area contributed by atoms with Crippen molar-refractivity contribution in [1.82, 2.24) is 15.4 Å². The van der Waals surface area contributed by atoms with E-state index in [0.29, 0.717) is 14.9 Å². The summed E-state index contributed by atoms with van der Waals surface area (Å²) in [4.78, 5) is 12.7. The van der Waals surface area contributed by atoms with Crippen molar-refractivity contribution in [3.63, 3.8) is 0 Å². The molecule has 28 heavy (non-hydrogen) atoms. The standard InChI is InChI=1S/C19H26N4O3S2/c1-19(2)16(23(26)17(25)21-14-9-4-3-5-10-14)22(18(27)28-19)20-12-13-8-6-7-11-15(13)24/h6-8,11-12,14,16,24,26H,3-5,9-10H2,1-2H3,(H,21,25)/b20-12+. The van der Waals surface area contributed by atoms with Gasteiger partial charge >= 0.3 is 6.03 Å². The van der Waals surface area contributed by atoms with Gasteiger partial charge in [0.05, 0.1) is 11.0 Å². The summed E-state index contributed by atoms with van der Waals surface area (Å²) in [5.41, 5.74) is 0.523. The number of hydrazone groups is 1. The van der Waals surface area contributed by atoms with Crippen molar-refractivity contribution in [2.75, 3.05) is 0 Å². The summed E-state index contributed by atoms with van der Waals surface area (Å²) in [5, 5.41) is 30.1. The number of rotatable bonds is 4. The fourth-order valence-corrected chi connectivity index (χ4v) is 5.33. The van der Waals surface area contributed by atoms with Crippen LogP contribution in [0.25, 0.3) is 0 Å². The van der Waals surface area contributed by atoms with Crippen molar-refractivity contribution < 1.29 is 15.1 Å². The minimum Gasteiger partial charge on any atom is -0.507 e. The zero-order valence-electron chi connectivity index (χ0n) is 16.0. The highest BCUT2D eigenvalue weighted by Crippen LogP contribution is 2.42. The summed E-state index contributed by atoms with van der Waals surface area (Å²) < 4.78 is -0.114. The molecule has 1 heterocycles. The van der Waals surface area contributed by atoms with Crippen LogP contribution in [0.3, 0.4) is 0 Å². The lowest BCUT2D eigenvalue weighted by molar-refractivity contribution is -0.119. The number of thiocarbonyl (C=S) groups is 1. The van der Waals surface area contributed by atoms with Crippen LogP contribution in [0.1, 0.15) is 51.5 Å². The maximum Gasteiger partial charge on any atom is 0.343 e. The van der Waals surface area contributed by atoms with Crippen molar-refractivity contribution in [2.24, 2.45) is 5.10 Å². The zero-order valence-corrected chi connectivity index (χ0v) is 17.7. The second-order valence-electron chi connectivity index (χ2n) is 7.62. The molecule has 9 heteroatoms. The van der Waals surface area contributed by atoms with Crippen LogP contribution < -0.4 is 5.32 Å². The van der Waals surface area contributed by atoms with Gasteiger partial charge in [0.15, 0.2) is 10.5 Å². The number of hydroxylamine groups is 2. The maximum atomic E-state index is 12.7. The average molecular weight is 423 g/mol. The molecule has 7 nitrogen and oxygen atoms in total. The molecule has 1 saturated heterocycles. The summed E-state index contributed by atoms with van der Waals surface area (Å²) in [5.74, 6) is 0.0933. The minimum atomic E-state index is -0.768. The Morgan fingerprint density at radius 1 is 1.36 bits per heavy atom. The second kappa shape index (κ2) is 8.67. The number of urea groups is 1. The number of nitrogens with one attached hydrogen (secondary N) is 1. The van der Waals surface area contributed by atoms with E-state index < -0.39 is 16.9 Å². The molecule has 2 aliphatic rings. The van der Waals surface area contributed by atoms with Gasteiger partial charge in [0.1, 0.15) is 5.75 Å². The van der Waals surface area contributed by atoms with Gasteiger partial charge in [0.2, 0.25) is 0 Å². The van der Waals surface area contributed by atoms with Gasteiger partial charge < -0.3 is 10.4 Å². The van der Waals surface area contributed by atoms with Crippen LogP contribution >= 0.6 is 24.0 Å². The Morgan fingerprint density at radius 3 is 2.71 bits per heavy atom. The zero-order chi connectivity index (χ0) is 20.3. The Bertz CT molecular complexity index is 765. The highest BCUT2D eigenvalue weighted by molar-refractivity contribution is 8.24. The molecule has 0 radical (unpaired) electrons. The number of phenols is 1. The van der Waals surface area contributed by atoms with E-state index in [1.165, 1.54) is 29.4 Å². The first-order valence-corrected chi connectivity index (χ1v) is 10.6. The molecule has 1 aliphatic carbocycles. The highest BCUT2D eigenvalue weighted by atomic mass is 32.2. The molecule has 1 atom stereocenters. The number of carbonyl (C=O) groups is 1. The molecule has 2 fully saturated rings. The third kappa shape index (κ3) is 4.59. The second-order valence-corrected chi connectivity index (χ2v) is 9.91. The molecule has 152 valence electrons. The van der Waals surface area contributed by atoms with Gasteiger partial charge in [0.25, 0.3) is 0 Å². The van der Waals surface area contributed by atoms with Crippen LogP contribution in [0.15, 0.2) is 29.4 Å². The topological polar surface area (TPSA) is 88.4 Å². The van der Waals surface area contributed by atoms with E-state index in [1.807, 2.05) is 13.8 Å². The SMILES string of the molecule is CC1(C)SC(=S)N(/N=C/c2ccccc2O)C1N(O)C(=O)NC1CCCCC1. The van der Waals surface area contributed by atoms with E-state index >= 15 is 0 Å². The molecular formula is C19H26N4O3S2. The molecule has 0 spiro atoms. The molecule has 1 aliphatic heterocycles. The predicted octanol–water partition coefficient (Wildman–Crippen LogP) is 3.90. The number of benzene rings is 1. The molecule has 1 aromatic rings. The lowest BCUT2D eigenvalue weighted by atomic mass is 9.96. The van der Waals surface area contributed by atoms with Crippen LogP contribution in [0, 0.1) is 0 Å². The number of thioether (sulfide) groups is 1. The van der Waals surface area contributed by atoms with Gasteiger partial charge in [-0.25, -0.2) is 9.80 Å². The Morgan fingerprint density at radius 2 is 2.04 bits per heavy atom. The van der Waals surface area contributed by atoms with Crippen LogP contribution in [0.5, 0.6) is 5.75 Å². The normalized spacial score (nSPS) is 22.6. The number of phenolic OH excluding ortho intramolecular Hbond substituents is 1. The van der Waals surface area contributed by atoms with E-state index in [9.17, 15) is 15.1 Å². The fourth-order valence-electron chi connectivity index (χ4n) is 3.55. The molecule has 2 amide bonds. The molecule has 3 rings (SSSR count). The van der Waals surface area contributed by atoms with Gasteiger partial charge in [-0.1, -0.05) is 55.4 Å². The average Bonchev–Trinajstić information content (AvgIpc) is 2.89. The first kappa shape index (κ1) is 20.9. The van der Waals surface area contributed by atoms with Crippen LogP contribution in [0.4, 0.5) is 4.79 Å². The highest BCUT2D eigenvalue weighted by Gasteiger charge is 2.50. The Balaban J connectivity index is 1.77. The lowest BCUT2D eigenvalue weighted by Crippen LogP contribution is -2.57. The predicted molar refractivity (Wildman–Crippen MR) is 115 cm³/mol. The van der Waals surface area contributed by atoms with Crippen molar-refractivity contribution in [1.29, 1.82) is 0 Å². The monoisotopic (exact) mass is 422 g/mol. The van der Waals surface area contributed by atoms with Crippen molar-refractivity contribution in [3.05, 3.63) is 29.8 Å². The number of hydrogen-bond acceptors (Lipinski definition) is 6. The van der Waals surface area contributed by atoms with Crippen LogP contribution in [-0.4, -0.2) is 53.9 Å². The molecule has 3 N–H and O–H groups in total. The van der Waals surface area contributed by atoms with Gasteiger partial charge in [0, 0.05) is 11.6 Å². The largest absolute Gasteiger partial charge is 0.507 e. The van der Waals surface area contributed by atoms with E-state index in [1.54, 1.807) is 24.3 Å². The number of para-hydroxylation sites is 1. The maximum absolute atomic E-state index is 12.7.